The summed E-state index contributed by atoms with van der Waals surface area (Å²) in [5, 5.41) is 6.93. The maximum Gasteiger partial charge on any atom is 0.251 e. The fourth-order valence-electron chi connectivity index (χ4n) is 2.49. The van der Waals surface area contributed by atoms with Crippen LogP contribution in [-0.4, -0.2) is 30.0 Å². The molecule has 0 aromatic heterocycles. The molecule has 1 aromatic carbocycles. The summed E-state index contributed by atoms with van der Waals surface area (Å²) in [6, 6.07) is 6.38. The largest absolute Gasteiger partial charge is 0.381 e. The third-order valence-corrected chi connectivity index (χ3v) is 5.13. The number of hydrogen-bond donors (Lipinski definition) is 2. The molecule has 1 aliphatic rings. The second-order valence-corrected chi connectivity index (χ2v) is 6.51. The smallest absolute Gasteiger partial charge is 0.251 e. The van der Waals surface area contributed by atoms with Crippen LogP contribution in [0.15, 0.2) is 18.2 Å². The van der Waals surface area contributed by atoms with Crippen molar-refractivity contribution in [2.45, 2.75) is 38.0 Å². The van der Waals surface area contributed by atoms with Crippen molar-refractivity contribution in [3.63, 3.8) is 0 Å². The predicted molar refractivity (Wildman–Crippen MR) is 83.1 cm³/mol. The summed E-state index contributed by atoms with van der Waals surface area (Å²) in [5.41, 5.74) is 2.87. The summed E-state index contributed by atoms with van der Waals surface area (Å²) in [4.78, 5) is 11.8. The lowest BCUT2D eigenvalue weighted by Crippen LogP contribution is -2.33. The summed E-state index contributed by atoms with van der Waals surface area (Å²) < 4.78 is 0. The van der Waals surface area contributed by atoms with E-state index >= 15 is 0 Å². The van der Waals surface area contributed by atoms with Crippen LogP contribution in [0.1, 0.15) is 35.7 Å². The van der Waals surface area contributed by atoms with E-state index in [0.717, 1.165) is 16.8 Å². The van der Waals surface area contributed by atoms with Gasteiger partial charge in [-0.1, -0.05) is 13.0 Å². The molecule has 1 aliphatic heterocycles. The van der Waals surface area contributed by atoms with Gasteiger partial charge in [0.1, 0.15) is 0 Å². The molecule has 19 heavy (non-hydrogen) atoms. The Morgan fingerprint density at radius 1 is 1.42 bits per heavy atom. The molecule has 0 aliphatic carbocycles. The summed E-state index contributed by atoms with van der Waals surface area (Å²) in [6.45, 7) is 4.28. The lowest BCUT2D eigenvalue weighted by molar-refractivity contribution is 0.0962. The van der Waals surface area contributed by atoms with Gasteiger partial charge in [-0.25, -0.2) is 0 Å². The highest BCUT2D eigenvalue weighted by atomic mass is 32.2. The van der Waals surface area contributed by atoms with Crippen molar-refractivity contribution in [1.29, 1.82) is 0 Å². The Hall–Kier alpha value is -1.16. The predicted octanol–water partition coefficient (Wildman–Crippen LogP) is 3.05. The van der Waals surface area contributed by atoms with Crippen LogP contribution in [-0.2, 0) is 0 Å². The van der Waals surface area contributed by atoms with E-state index in [1.165, 1.54) is 18.6 Å². The van der Waals surface area contributed by atoms with Gasteiger partial charge in [0, 0.05) is 29.6 Å². The van der Waals surface area contributed by atoms with E-state index in [-0.39, 0.29) is 5.91 Å². The van der Waals surface area contributed by atoms with E-state index in [2.05, 4.69) is 23.6 Å². The molecule has 3 nitrogen and oxygen atoms in total. The lowest BCUT2D eigenvalue weighted by Gasteiger charge is -2.30. The number of carbonyl (C=O) groups excluding carboxylic acids is 1. The first-order valence-corrected chi connectivity index (χ1v) is 7.88. The van der Waals surface area contributed by atoms with Gasteiger partial charge in [-0.2, -0.15) is 11.8 Å². The molecule has 1 amide bonds. The Balaban J connectivity index is 2.18. The number of hydrogen-bond acceptors (Lipinski definition) is 3. The number of benzene rings is 1. The second kappa shape index (κ2) is 6.33. The first kappa shape index (κ1) is 14.3. The topological polar surface area (TPSA) is 41.1 Å². The monoisotopic (exact) mass is 278 g/mol. The summed E-state index contributed by atoms with van der Waals surface area (Å²) >= 11 is 2.02. The molecule has 2 rings (SSSR count). The molecule has 1 heterocycles. The normalized spacial score (nSPS) is 22.9. The van der Waals surface area contributed by atoms with E-state index in [1.807, 2.05) is 30.8 Å². The Morgan fingerprint density at radius 3 is 2.89 bits per heavy atom. The number of anilines is 1. The first-order chi connectivity index (χ1) is 9.13. The van der Waals surface area contributed by atoms with Gasteiger partial charge in [0.05, 0.1) is 0 Å². The van der Waals surface area contributed by atoms with Crippen molar-refractivity contribution in [2.75, 3.05) is 18.1 Å². The lowest BCUT2D eigenvalue weighted by atomic mass is 10.0. The van der Waals surface area contributed by atoms with Crippen LogP contribution in [0.5, 0.6) is 0 Å². The third-order valence-electron chi connectivity index (χ3n) is 3.75. The van der Waals surface area contributed by atoms with Crippen molar-refractivity contribution < 1.29 is 4.79 Å². The second-order valence-electron chi connectivity index (χ2n) is 5.03. The van der Waals surface area contributed by atoms with Crippen LogP contribution >= 0.6 is 11.8 Å². The molecule has 2 N–H and O–H groups in total. The zero-order valence-corrected chi connectivity index (χ0v) is 12.6. The van der Waals surface area contributed by atoms with Crippen molar-refractivity contribution >= 4 is 23.4 Å². The average Bonchev–Trinajstić information content (AvgIpc) is 2.42. The fraction of sp³-hybridized carbons (Fsp3) is 0.533. The zero-order chi connectivity index (χ0) is 13.8. The van der Waals surface area contributed by atoms with Gasteiger partial charge in [0.25, 0.3) is 5.91 Å². The Bertz CT molecular complexity index is 461. The summed E-state index contributed by atoms with van der Waals surface area (Å²) in [7, 11) is 1.67. The number of thioether (sulfide) groups is 1. The van der Waals surface area contributed by atoms with Crippen molar-refractivity contribution in [3.05, 3.63) is 29.3 Å². The van der Waals surface area contributed by atoms with Gasteiger partial charge in [0.2, 0.25) is 0 Å². The zero-order valence-electron chi connectivity index (χ0n) is 11.8. The molecular formula is C15H22N2OS. The van der Waals surface area contributed by atoms with Crippen LogP contribution in [0, 0.1) is 6.92 Å². The fourth-order valence-corrected chi connectivity index (χ4v) is 3.63. The molecule has 1 aromatic rings. The molecule has 0 saturated carbocycles. The van der Waals surface area contributed by atoms with Gasteiger partial charge >= 0.3 is 0 Å². The van der Waals surface area contributed by atoms with Gasteiger partial charge in [-0.3, -0.25) is 4.79 Å². The molecule has 0 radical (unpaired) electrons. The molecule has 2 atom stereocenters. The van der Waals surface area contributed by atoms with E-state index in [9.17, 15) is 4.79 Å². The molecule has 104 valence electrons. The third kappa shape index (κ3) is 3.24. The number of rotatable bonds is 3. The molecular weight excluding hydrogens is 256 g/mol. The van der Waals surface area contributed by atoms with Crippen LogP contribution < -0.4 is 10.6 Å². The molecule has 2 unspecified atom stereocenters. The highest BCUT2D eigenvalue weighted by Crippen LogP contribution is 2.29. The van der Waals surface area contributed by atoms with Crippen LogP contribution in [0.2, 0.25) is 0 Å². The van der Waals surface area contributed by atoms with Gasteiger partial charge in [-0.05, 0) is 43.2 Å². The van der Waals surface area contributed by atoms with Gasteiger partial charge < -0.3 is 10.6 Å². The maximum atomic E-state index is 11.8. The minimum atomic E-state index is -0.0211. The van der Waals surface area contributed by atoms with E-state index in [0.29, 0.717) is 11.3 Å². The quantitative estimate of drug-likeness (QED) is 0.893. The summed E-state index contributed by atoms with van der Waals surface area (Å²) in [6.07, 6.45) is 2.47. The maximum absolute atomic E-state index is 11.8. The van der Waals surface area contributed by atoms with E-state index in [1.54, 1.807) is 7.05 Å². The van der Waals surface area contributed by atoms with Crippen molar-refractivity contribution in [1.82, 2.24) is 5.32 Å². The van der Waals surface area contributed by atoms with Crippen LogP contribution in [0.25, 0.3) is 0 Å². The van der Waals surface area contributed by atoms with Gasteiger partial charge in [0.15, 0.2) is 0 Å². The van der Waals surface area contributed by atoms with Crippen LogP contribution in [0.4, 0.5) is 5.69 Å². The summed E-state index contributed by atoms with van der Waals surface area (Å²) in [5.74, 6) is 1.24. The minimum Gasteiger partial charge on any atom is -0.381 e. The Labute approximate surface area is 119 Å². The molecule has 0 spiro atoms. The van der Waals surface area contributed by atoms with Gasteiger partial charge in [-0.15, -0.1) is 0 Å². The van der Waals surface area contributed by atoms with Crippen molar-refractivity contribution in [2.24, 2.45) is 0 Å². The molecule has 0 bridgehead atoms. The van der Waals surface area contributed by atoms with Crippen LogP contribution in [0.3, 0.4) is 0 Å². The number of nitrogens with one attached hydrogen (secondary N) is 2. The molecule has 4 heteroatoms. The molecule has 1 saturated heterocycles. The van der Waals surface area contributed by atoms with E-state index < -0.39 is 0 Å². The number of carbonyl (C=O) groups is 1. The molecule has 1 fully saturated rings. The highest BCUT2D eigenvalue weighted by molar-refractivity contribution is 8.00. The van der Waals surface area contributed by atoms with Crippen molar-refractivity contribution in [3.8, 4) is 0 Å². The SMILES string of the molecule is CNC(=O)c1cccc(NC2CCCSC2C)c1C. The van der Waals surface area contributed by atoms with E-state index in [4.69, 9.17) is 0 Å². The average molecular weight is 278 g/mol. The Kier molecular flexibility index (Phi) is 4.75. The highest BCUT2D eigenvalue weighted by Gasteiger charge is 2.22. The number of amides is 1. The Morgan fingerprint density at radius 2 is 2.21 bits per heavy atom. The first-order valence-electron chi connectivity index (χ1n) is 6.83. The standard InChI is InChI=1S/C15H22N2OS/c1-10-12(15(18)16-3)6-4-7-13(10)17-14-8-5-9-19-11(14)2/h4,6-7,11,14,17H,5,8-9H2,1-3H3,(H,16,18). The minimum absolute atomic E-state index is 0.0211.